The minimum atomic E-state index is -1.79. The third kappa shape index (κ3) is 40.4. The molecule has 0 aromatic rings. The second-order valence-corrected chi connectivity index (χ2v) is 25.0. The number of nitrogens with one attached hydrogen (secondary N) is 1. The standard InChI is InChI=1S/C72H131NO13/c1-3-5-7-9-11-13-15-17-19-21-23-25-26-27-28-29-30-31-32-33-34-36-37-39-41-43-45-47-49-51-53-55-61(76)60(59-83-71-69(82)67(80)70(63(58-75)85-71)86-72-68(81)66(79)65(78)62(57-74)84-72)73-64(77)56-54-52-50-48-46-44-42-40-38-35-24-22-20-18-16-14-12-10-8-6-4-2/h6,8,12,14,18,20,24,35,53,55,60-63,65-72,74-76,78-82H,3-5,7,9-11,13,15-17,19,21-23,25-34,36-52,54,56-59H2,1-2H3,(H,73,77)/b8-6-,14-12-,20-18-,35-24-,55-53+. The lowest BCUT2D eigenvalue weighted by atomic mass is 9.97. The van der Waals surface area contributed by atoms with Gasteiger partial charge in [0, 0.05) is 6.42 Å². The number of aliphatic hydroxyl groups excluding tert-OH is 8. The van der Waals surface area contributed by atoms with Gasteiger partial charge in [0.05, 0.1) is 32.0 Å². The van der Waals surface area contributed by atoms with Crippen molar-refractivity contribution in [3.63, 3.8) is 0 Å². The molecule has 2 aliphatic heterocycles. The number of unbranched alkanes of at least 4 members (excludes halogenated alkanes) is 37. The monoisotopic (exact) mass is 1220 g/mol. The number of carbonyl (C=O) groups excluding carboxylic acids is 1. The lowest BCUT2D eigenvalue weighted by Crippen LogP contribution is -2.65. The van der Waals surface area contributed by atoms with Crippen LogP contribution in [0.15, 0.2) is 60.8 Å². The summed E-state index contributed by atoms with van der Waals surface area (Å²) < 4.78 is 22.9. The summed E-state index contributed by atoms with van der Waals surface area (Å²) in [5.74, 6) is -0.246. The van der Waals surface area contributed by atoms with Gasteiger partial charge in [-0.2, -0.15) is 0 Å². The number of allylic oxidation sites excluding steroid dienone is 9. The molecule has 0 spiro atoms. The number of carbonyl (C=O) groups is 1. The number of rotatable bonds is 58. The fourth-order valence-corrected chi connectivity index (χ4v) is 11.6. The van der Waals surface area contributed by atoms with Crippen LogP contribution in [0.5, 0.6) is 0 Å². The van der Waals surface area contributed by atoms with Crippen LogP contribution in [0.1, 0.15) is 296 Å². The van der Waals surface area contributed by atoms with Crippen LogP contribution >= 0.6 is 0 Å². The van der Waals surface area contributed by atoms with E-state index in [0.717, 1.165) is 70.6 Å². The van der Waals surface area contributed by atoms with E-state index < -0.39 is 86.8 Å². The van der Waals surface area contributed by atoms with Gasteiger partial charge in [0.25, 0.3) is 0 Å². The van der Waals surface area contributed by atoms with E-state index in [2.05, 4.69) is 67.8 Å². The maximum Gasteiger partial charge on any atom is 0.220 e. The van der Waals surface area contributed by atoms with Gasteiger partial charge in [-0.1, -0.05) is 293 Å². The van der Waals surface area contributed by atoms with Crippen molar-refractivity contribution in [1.29, 1.82) is 0 Å². The van der Waals surface area contributed by atoms with Crippen molar-refractivity contribution < 1.29 is 64.6 Å². The molecule has 0 radical (unpaired) electrons. The zero-order valence-corrected chi connectivity index (χ0v) is 54.6. The third-order valence-electron chi connectivity index (χ3n) is 17.2. The molecule has 12 atom stereocenters. The molecule has 1 amide bonds. The highest BCUT2D eigenvalue weighted by Gasteiger charge is 2.51. The first-order valence-electron chi connectivity index (χ1n) is 35.5. The first-order chi connectivity index (χ1) is 42.1. The molecule has 0 bridgehead atoms. The molecule has 12 unspecified atom stereocenters. The summed E-state index contributed by atoms with van der Waals surface area (Å²) in [4.78, 5) is 13.3. The largest absolute Gasteiger partial charge is 0.394 e. The topological polar surface area (TPSA) is 228 Å². The van der Waals surface area contributed by atoms with E-state index >= 15 is 0 Å². The van der Waals surface area contributed by atoms with Gasteiger partial charge in [-0.3, -0.25) is 4.79 Å². The van der Waals surface area contributed by atoms with E-state index in [1.807, 2.05) is 6.08 Å². The summed E-state index contributed by atoms with van der Waals surface area (Å²) in [7, 11) is 0. The molecule has 0 aromatic heterocycles. The molecule has 2 saturated heterocycles. The van der Waals surface area contributed by atoms with E-state index in [0.29, 0.717) is 6.42 Å². The molecule has 2 heterocycles. The Morgan fingerprint density at radius 2 is 0.802 bits per heavy atom. The van der Waals surface area contributed by atoms with Crippen molar-refractivity contribution >= 4 is 5.91 Å². The zero-order chi connectivity index (χ0) is 62.3. The Balaban J connectivity index is 1.67. The van der Waals surface area contributed by atoms with Gasteiger partial charge in [0.2, 0.25) is 5.91 Å². The molecule has 0 aliphatic carbocycles. The predicted octanol–water partition coefficient (Wildman–Crippen LogP) is 14.5. The molecule has 86 heavy (non-hydrogen) atoms. The molecule has 0 aromatic carbocycles. The van der Waals surface area contributed by atoms with Gasteiger partial charge in [0.1, 0.15) is 48.8 Å². The van der Waals surface area contributed by atoms with Crippen LogP contribution in [0.3, 0.4) is 0 Å². The maximum atomic E-state index is 13.3. The van der Waals surface area contributed by atoms with Gasteiger partial charge in [-0.15, -0.1) is 0 Å². The van der Waals surface area contributed by atoms with Crippen LogP contribution < -0.4 is 5.32 Å². The number of aliphatic hydroxyl groups is 8. The minimum Gasteiger partial charge on any atom is -0.394 e. The summed E-state index contributed by atoms with van der Waals surface area (Å²) in [6.07, 6.45) is 58.5. The van der Waals surface area contributed by atoms with Gasteiger partial charge in [0.15, 0.2) is 12.6 Å². The second-order valence-electron chi connectivity index (χ2n) is 25.0. The van der Waals surface area contributed by atoms with E-state index in [-0.39, 0.29) is 18.9 Å². The number of hydrogen-bond acceptors (Lipinski definition) is 13. The first-order valence-corrected chi connectivity index (χ1v) is 35.5. The van der Waals surface area contributed by atoms with Crippen molar-refractivity contribution in [1.82, 2.24) is 5.32 Å². The van der Waals surface area contributed by atoms with Crippen LogP contribution in [-0.4, -0.2) is 140 Å². The minimum absolute atomic E-state index is 0.246. The Labute approximate surface area is 524 Å². The van der Waals surface area contributed by atoms with Gasteiger partial charge < -0.3 is 65.1 Å². The molecule has 14 heteroatoms. The average molecular weight is 1220 g/mol. The average Bonchev–Trinajstić information content (AvgIpc) is 2.54. The van der Waals surface area contributed by atoms with Crippen molar-refractivity contribution in [3.05, 3.63) is 60.8 Å². The Morgan fingerprint density at radius 3 is 1.23 bits per heavy atom. The van der Waals surface area contributed by atoms with Crippen molar-refractivity contribution in [2.75, 3.05) is 19.8 Å². The SMILES string of the molecule is CC/C=C\C/C=C\C/C=C\C/C=C\CCCCCCCCCCC(=O)NC(COC1OC(CO)C(OC2OC(CO)C(O)C(O)C2O)C(O)C1O)C(O)/C=C/CCCCCCCCCCCCCCCCCCCCCCCCCCCCCCC. The van der Waals surface area contributed by atoms with Gasteiger partial charge in [-0.25, -0.2) is 0 Å². The molecule has 2 rings (SSSR count). The number of amides is 1. The fraction of sp³-hybridized carbons (Fsp3) is 0.847. The summed E-state index contributed by atoms with van der Waals surface area (Å²) in [5, 5.41) is 87.4. The summed E-state index contributed by atoms with van der Waals surface area (Å²) in [5.41, 5.74) is 0. The van der Waals surface area contributed by atoms with Gasteiger partial charge >= 0.3 is 0 Å². The second kappa shape index (κ2) is 56.7. The molecular weight excluding hydrogens is 1090 g/mol. The fourth-order valence-electron chi connectivity index (χ4n) is 11.6. The number of ether oxygens (including phenoxy) is 4. The molecule has 0 saturated carbocycles. The third-order valence-corrected chi connectivity index (χ3v) is 17.2. The van der Waals surface area contributed by atoms with Crippen LogP contribution in [0, 0.1) is 0 Å². The highest BCUT2D eigenvalue weighted by molar-refractivity contribution is 5.76. The van der Waals surface area contributed by atoms with Crippen LogP contribution in [0.4, 0.5) is 0 Å². The first kappa shape index (κ1) is 79.8. The quantitative estimate of drug-likeness (QED) is 0.0204. The Morgan fingerprint density at radius 1 is 0.430 bits per heavy atom. The molecule has 2 aliphatic rings. The van der Waals surface area contributed by atoms with Crippen molar-refractivity contribution in [2.24, 2.45) is 0 Å². The Bertz CT molecular complexity index is 1670. The summed E-state index contributed by atoms with van der Waals surface area (Å²) in [6.45, 7) is 2.71. The highest BCUT2D eigenvalue weighted by Crippen LogP contribution is 2.30. The van der Waals surface area contributed by atoms with Crippen molar-refractivity contribution in [2.45, 2.75) is 370 Å². The molecular formula is C72H131NO13. The Kier molecular flexibility index (Phi) is 52.6. The predicted molar refractivity (Wildman–Crippen MR) is 350 cm³/mol. The summed E-state index contributed by atoms with van der Waals surface area (Å²) >= 11 is 0. The smallest absolute Gasteiger partial charge is 0.220 e. The van der Waals surface area contributed by atoms with Crippen LogP contribution in [-0.2, 0) is 23.7 Å². The summed E-state index contributed by atoms with van der Waals surface area (Å²) in [6, 6.07) is -0.924. The van der Waals surface area contributed by atoms with Crippen molar-refractivity contribution in [3.8, 4) is 0 Å². The normalized spacial score (nSPS) is 23.7. The van der Waals surface area contributed by atoms with Crippen LogP contribution in [0.2, 0.25) is 0 Å². The van der Waals surface area contributed by atoms with E-state index in [4.69, 9.17) is 18.9 Å². The highest BCUT2D eigenvalue weighted by atomic mass is 16.7. The van der Waals surface area contributed by atoms with Gasteiger partial charge in [-0.05, 0) is 57.8 Å². The van der Waals surface area contributed by atoms with E-state index in [1.165, 1.54) is 199 Å². The lowest BCUT2D eigenvalue weighted by Gasteiger charge is -2.46. The van der Waals surface area contributed by atoms with Crippen LogP contribution in [0.25, 0.3) is 0 Å². The molecule has 9 N–H and O–H groups in total. The zero-order valence-electron chi connectivity index (χ0n) is 54.6. The lowest BCUT2D eigenvalue weighted by molar-refractivity contribution is -0.359. The maximum absolute atomic E-state index is 13.3. The van der Waals surface area contributed by atoms with E-state index in [9.17, 15) is 45.6 Å². The molecule has 14 nitrogen and oxygen atoms in total. The number of hydrogen-bond donors (Lipinski definition) is 9. The molecule has 2 fully saturated rings. The van der Waals surface area contributed by atoms with E-state index in [1.54, 1.807) is 6.08 Å². The molecule has 502 valence electrons. The Hall–Kier alpha value is -2.31.